The van der Waals surface area contributed by atoms with Crippen molar-refractivity contribution in [3.8, 4) is 0 Å². The maximum Gasteiger partial charge on any atom is 0.416 e. The fourth-order valence-corrected chi connectivity index (χ4v) is 2.99. The van der Waals surface area contributed by atoms with Gasteiger partial charge in [0.05, 0.1) is 16.9 Å². The van der Waals surface area contributed by atoms with E-state index in [2.05, 4.69) is 30.9 Å². The number of carbonyl (C=O) groups is 1. The first-order valence-electron chi connectivity index (χ1n) is 9.25. The molecule has 0 aliphatic heterocycles. The highest BCUT2D eigenvalue weighted by Crippen LogP contribution is 2.31. The van der Waals surface area contributed by atoms with Crippen LogP contribution in [-0.2, 0) is 6.18 Å². The van der Waals surface area contributed by atoms with Gasteiger partial charge in [-0.15, -0.1) is 0 Å². The van der Waals surface area contributed by atoms with Crippen LogP contribution in [0.25, 0.3) is 11.0 Å². The highest BCUT2D eigenvalue weighted by atomic mass is 19.4. The van der Waals surface area contributed by atoms with Gasteiger partial charge in [-0.2, -0.15) is 13.2 Å². The number of H-pyrrole nitrogens is 1. The number of aromatic nitrogens is 3. The lowest BCUT2D eigenvalue weighted by atomic mass is 10.2. The minimum atomic E-state index is -4.52. The molecule has 11 heteroatoms. The van der Waals surface area contributed by atoms with Crippen molar-refractivity contribution in [1.29, 1.82) is 0 Å². The molecule has 162 valence electrons. The van der Waals surface area contributed by atoms with E-state index in [1.54, 1.807) is 24.3 Å². The van der Waals surface area contributed by atoms with E-state index in [9.17, 15) is 22.8 Å². The van der Waals surface area contributed by atoms with Crippen LogP contribution in [0.3, 0.4) is 0 Å². The van der Waals surface area contributed by atoms with Crippen LogP contribution in [0.4, 0.5) is 40.8 Å². The summed E-state index contributed by atoms with van der Waals surface area (Å²) >= 11 is 0. The Morgan fingerprint density at radius 3 is 2.50 bits per heavy atom. The third kappa shape index (κ3) is 4.51. The van der Waals surface area contributed by atoms with Crippen molar-refractivity contribution >= 4 is 39.9 Å². The Labute approximate surface area is 178 Å². The van der Waals surface area contributed by atoms with E-state index in [0.717, 1.165) is 12.1 Å². The Morgan fingerprint density at radius 2 is 1.72 bits per heavy atom. The number of para-hydroxylation sites is 2. The Kier molecular flexibility index (Phi) is 5.46. The summed E-state index contributed by atoms with van der Waals surface area (Å²) in [6.07, 6.45) is -1.78. The van der Waals surface area contributed by atoms with Gasteiger partial charge < -0.3 is 20.9 Å². The predicted octanol–water partition coefficient (Wildman–Crippen LogP) is 4.72. The Balaban J connectivity index is 1.56. The molecule has 0 spiro atoms. The summed E-state index contributed by atoms with van der Waals surface area (Å²) in [6, 6.07) is 11.5. The summed E-state index contributed by atoms with van der Waals surface area (Å²) in [6.45, 7) is 0. The number of benzene rings is 2. The van der Waals surface area contributed by atoms with Crippen molar-refractivity contribution < 1.29 is 18.0 Å². The summed E-state index contributed by atoms with van der Waals surface area (Å²) in [5.41, 5.74) is -0.127. The number of nitrogens with zero attached hydrogens (tertiary/aromatic N) is 2. The van der Waals surface area contributed by atoms with Crippen LogP contribution in [-0.4, -0.2) is 21.0 Å². The first-order chi connectivity index (χ1) is 15.3. The lowest BCUT2D eigenvalue weighted by Crippen LogP contribution is -2.20. The average molecular weight is 440 g/mol. The van der Waals surface area contributed by atoms with Gasteiger partial charge >= 0.3 is 12.2 Å². The first kappa shape index (κ1) is 20.8. The fourth-order valence-electron chi connectivity index (χ4n) is 2.99. The van der Waals surface area contributed by atoms with Crippen molar-refractivity contribution in [2.24, 2.45) is 0 Å². The van der Waals surface area contributed by atoms with Crippen molar-refractivity contribution in [1.82, 2.24) is 15.0 Å². The zero-order chi connectivity index (χ0) is 22.7. The molecule has 2 aromatic carbocycles. The third-order valence-electron chi connectivity index (χ3n) is 4.42. The normalized spacial score (nSPS) is 11.2. The number of alkyl halides is 3. The molecular formula is C21H15F3N6O2. The molecule has 0 atom stereocenters. The summed E-state index contributed by atoms with van der Waals surface area (Å²) in [5, 5.41) is 8.18. The largest absolute Gasteiger partial charge is 0.416 e. The van der Waals surface area contributed by atoms with Gasteiger partial charge in [-0.25, -0.2) is 14.8 Å². The number of rotatable bonds is 4. The van der Waals surface area contributed by atoms with E-state index in [1.165, 1.54) is 30.7 Å². The fraction of sp³-hybridized carbons (Fsp3) is 0.0476. The Morgan fingerprint density at radius 1 is 0.938 bits per heavy atom. The zero-order valence-corrected chi connectivity index (χ0v) is 16.2. The molecule has 32 heavy (non-hydrogen) atoms. The van der Waals surface area contributed by atoms with E-state index < -0.39 is 17.8 Å². The minimum Gasteiger partial charge on any atom is -0.346 e. The number of fused-ring (bicyclic) bond motifs is 1. The van der Waals surface area contributed by atoms with Crippen LogP contribution < -0.4 is 21.4 Å². The highest BCUT2D eigenvalue weighted by molar-refractivity contribution is 6.02. The van der Waals surface area contributed by atoms with Gasteiger partial charge in [0.15, 0.2) is 5.43 Å². The summed E-state index contributed by atoms with van der Waals surface area (Å²) in [4.78, 5) is 35.6. The summed E-state index contributed by atoms with van der Waals surface area (Å²) in [5.74, 6) is 0.226. The molecule has 0 fully saturated rings. The monoisotopic (exact) mass is 440 g/mol. The van der Waals surface area contributed by atoms with Crippen LogP contribution in [0.5, 0.6) is 0 Å². The van der Waals surface area contributed by atoms with Gasteiger partial charge in [-0.05, 0) is 30.3 Å². The molecular weight excluding hydrogens is 425 g/mol. The van der Waals surface area contributed by atoms with Gasteiger partial charge in [0.1, 0.15) is 23.2 Å². The van der Waals surface area contributed by atoms with Crippen LogP contribution in [0, 0.1) is 0 Å². The second kappa shape index (κ2) is 8.38. The molecule has 0 saturated heterocycles. The summed E-state index contributed by atoms with van der Waals surface area (Å²) in [7, 11) is 0. The standard InChI is InChI=1S/C21H15F3N6O2/c22-21(23,24)12-4-3-5-13(10-12)28-20(32)30-15-7-2-1-6-14(15)29-19-17-16(31)8-9-25-18(17)26-11-27-19/h1-11H,(H2,28,30,32)(H2,25,26,27,29,31). The van der Waals surface area contributed by atoms with Crippen molar-refractivity contribution in [3.05, 3.63) is 82.9 Å². The highest BCUT2D eigenvalue weighted by Gasteiger charge is 2.30. The number of anilines is 4. The SMILES string of the molecule is O=C(Nc1cccc(C(F)(F)F)c1)Nc1ccccc1Nc1ncnc2[nH]ccc(=O)c12. The number of amides is 2. The van der Waals surface area contributed by atoms with Crippen LogP contribution in [0.2, 0.25) is 0 Å². The second-order valence-electron chi connectivity index (χ2n) is 6.62. The molecule has 0 radical (unpaired) electrons. The van der Waals surface area contributed by atoms with Gasteiger partial charge in [0.25, 0.3) is 0 Å². The number of pyridine rings is 1. The molecule has 0 aliphatic carbocycles. The van der Waals surface area contributed by atoms with Gasteiger partial charge in [-0.3, -0.25) is 4.79 Å². The van der Waals surface area contributed by atoms with E-state index in [4.69, 9.17) is 0 Å². The van der Waals surface area contributed by atoms with E-state index in [1.807, 2.05) is 0 Å². The van der Waals surface area contributed by atoms with Crippen LogP contribution in [0.15, 0.2) is 71.9 Å². The molecule has 2 aromatic heterocycles. The van der Waals surface area contributed by atoms with Crippen LogP contribution in [0.1, 0.15) is 5.56 Å². The molecule has 0 bridgehead atoms. The van der Waals surface area contributed by atoms with E-state index in [0.29, 0.717) is 17.0 Å². The van der Waals surface area contributed by atoms with Gasteiger partial charge in [0, 0.05) is 18.0 Å². The zero-order valence-electron chi connectivity index (χ0n) is 16.2. The van der Waals surface area contributed by atoms with E-state index >= 15 is 0 Å². The quantitative estimate of drug-likeness (QED) is 0.367. The molecule has 2 heterocycles. The van der Waals surface area contributed by atoms with Crippen molar-refractivity contribution in [2.75, 3.05) is 16.0 Å². The number of nitrogens with one attached hydrogen (secondary N) is 4. The molecule has 0 aliphatic rings. The molecule has 4 rings (SSSR count). The number of hydrogen-bond acceptors (Lipinski definition) is 5. The van der Waals surface area contributed by atoms with E-state index in [-0.39, 0.29) is 22.3 Å². The number of halogens is 3. The number of aromatic amines is 1. The topological polar surface area (TPSA) is 112 Å². The second-order valence-corrected chi connectivity index (χ2v) is 6.62. The molecule has 4 N–H and O–H groups in total. The lowest BCUT2D eigenvalue weighted by molar-refractivity contribution is -0.137. The van der Waals surface area contributed by atoms with Gasteiger partial charge in [0.2, 0.25) is 0 Å². The van der Waals surface area contributed by atoms with Crippen molar-refractivity contribution in [3.63, 3.8) is 0 Å². The number of urea groups is 1. The number of carbonyl (C=O) groups excluding carboxylic acids is 1. The Bertz CT molecular complexity index is 1350. The minimum absolute atomic E-state index is 0.0175. The van der Waals surface area contributed by atoms with Gasteiger partial charge in [-0.1, -0.05) is 18.2 Å². The molecule has 2 amide bonds. The predicted molar refractivity (Wildman–Crippen MR) is 114 cm³/mol. The molecule has 0 saturated carbocycles. The first-order valence-corrected chi connectivity index (χ1v) is 9.25. The average Bonchev–Trinajstić information content (AvgIpc) is 2.75. The molecule has 8 nitrogen and oxygen atoms in total. The lowest BCUT2D eigenvalue weighted by Gasteiger charge is -2.14. The maximum atomic E-state index is 12.9. The summed E-state index contributed by atoms with van der Waals surface area (Å²) < 4.78 is 38.6. The molecule has 0 unspecified atom stereocenters. The smallest absolute Gasteiger partial charge is 0.346 e. The number of hydrogen-bond donors (Lipinski definition) is 4. The van der Waals surface area contributed by atoms with Crippen LogP contribution >= 0.6 is 0 Å². The molecule has 4 aromatic rings. The Hall–Kier alpha value is -4.41. The van der Waals surface area contributed by atoms with Crippen molar-refractivity contribution in [2.45, 2.75) is 6.18 Å². The maximum absolute atomic E-state index is 12.9. The third-order valence-corrected chi connectivity index (χ3v) is 4.42.